The van der Waals surface area contributed by atoms with E-state index >= 15 is 0 Å². The molecule has 0 amide bonds. The van der Waals surface area contributed by atoms with Crippen LogP contribution in [0, 0.1) is 6.92 Å². The van der Waals surface area contributed by atoms with Gasteiger partial charge in [-0.25, -0.2) is 9.97 Å². The summed E-state index contributed by atoms with van der Waals surface area (Å²) in [6.07, 6.45) is 1.54. The molecule has 0 bridgehead atoms. The van der Waals surface area contributed by atoms with Crippen molar-refractivity contribution in [3.8, 4) is 5.75 Å². The first-order valence-electron chi connectivity index (χ1n) is 4.73. The molecule has 2 rings (SSSR count). The number of anilines is 1. The van der Waals surface area contributed by atoms with Crippen molar-refractivity contribution >= 4 is 16.7 Å². The number of aromatic nitrogens is 2. The maximum absolute atomic E-state index is 5.25. The van der Waals surface area contributed by atoms with Gasteiger partial charge in [-0.15, -0.1) is 0 Å². The Bertz CT molecular complexity index is 496. The fourth-order valence-corrected chi connectivity index (χ4v) is 1.61. The van der Waals surface area contributed by atoms with Gasteiger partial charge in [-0.1, -0.05) is 0 Å². The van der Waals surface area contributed by atoms with Crippen LogP contribution < -0.4 is 10.1 Å². The molecule has 0 aliphatic carbocycles. The summed E-state index contributed by atoms with van der Waals surface area (Å²) in [6.45, 7) is 2.00. The van der Waals surface area contributed by atoms with Gasteiger partial charge < -0.3 is 10.1 Å². The van der Waals surface area contributed by atoms with Crippen molar-refractivity contribution < 1.29 is 4.74 Å². The fraction of sp³-hybridized carbons (Fsp3) is 0.273. The fourth-order valence-electron chi connectivity index (χ4n) is 1.61. The number of methoxy groups -OCH3 is 1. The minimum absolute atomic E-state index is 0.839. The Morgan fingerprint density at radius 1 is 1.27 bits per heavy atom. The third kappa shape index (κ3) is 1.58. The second-order valence-electron chi connectivity index (χ2n) is 3.31. The van der Waals surface area contributed by atoms with E-state index in [1.165, 1.54) is 0 Å². The molecule has 0 spiro atoms. The summed E-state index contributed by atoms with van der Waals surface area (Å²) in [7, 11) is 3.51. The second-order valence-corrected chi connectivity index (χ2v) is 3.31. The summed E-state index contributed by atoms with van der Waals surface area (Å²) in [4.78, 5) is 8.37. The van der Waals surface area contributed by atoms with Crippen LogP contribution in [0.2, 0.25) is 0 Å². The van der Waals surface area contributed by atoms with E-state index in [0.29, 0.717) is 0 Å². The quantitative estimate of drug-likeness (QED) is 0.810. The number of nitrogens with one attached hydrogen (secondary N) is 1. The van der Waals surface area contributed by atoms with Crippen molar-refractivity contribution in [2.45, 2.75) is 6.92 Å². The van der Waals surface area contributed by atoms with Gasteiger partial charge in [0.25, 0.3) is 0 Å². The predicted molar refractivity (Wildman–Crippen MR) is 60.4 cm³/mol. The largest absolute Gasteiger partial charge is 0.496 e. The molecule has 0 atom stereocenters. The van der Waals surface area contributed by atoms with E-state index in [2.05, 4.69) is 15.3 Å². The average Bonchev–Trinajstić information content (AvgIpc) is 2.27. The van der Waals surface area contributed by atoms with E-state index in [9.17, 15) is 0 Å². The highest BCUT2D eigenvalue weighted by Crippen LogP contribution is 2.26. The number of fused-ring (bicyclic) bond motifs is 1. The van der Waals surface area contributed by atoms with E-state index in [1.54, 1.807) is 13.4 Å². The van der Waals surface area contributed by atoms with E-state index in [1.807, 2.05) is 26.1 Å². The molecule has 0 radical (unpaired) electrons. The van der Waals surface area contributed by atoms with Crippen LogP contribution in [0.3, 0.4) is 0 Å². The molecule has 78 valence electrons. The summed E-state index contributed by atoms with van der Waals surface area (Å²) >= 11 is 0. The highest BCUT2D eigenvalue weighted by Gasteiger charge is 2.06. The van der Waals surface area contributed by atoms with Crippen LogP contribution >= 0.6 is 0 Å². The Hall–Kier alpha value is -1.84. The van der Waals surface area contributed by atoms with Gasteiger partial charge in [0.2, 0.25) is 0 Å². The molecule has 1 heterocycles. The minimum atomic E-state index is 0.839. The molecule has 0 saturated heterocycles. The van der Waals surface area contributed by atoms with Gasteiger partial charge in [0.15, 0.2) is 0 Å². The summed E-state index contributed by atoms with van der Waals surface area (Å²) in [5, 5.41) is 4.06. The van der Waals surface area contributed by atoms with Crippen LogP contribution in [-0.4, -0.2) is 24.1 Å². The summed E-state index contributed by atoms with van der Waals surface area (Å²) in [6, 6.07) is 3.95. The molecule has 0 aliphatic rings. The summed E-state index contributed by atoms with van der Waals surface area (Å²) in [5.74, 6) is 1.69. The molecule has 2 aromatic rings. The Morgan fingerprint density at radius 2 is 2.07 bits per heavy atom. The van der Waals surface area contributed by atoms with Crippen molar-refractivity contribution in [2.24, 2.45) is 0 Å². The first-order valence-corrected chi connectivity index (χ1v) is 4.73. The molecule has 0 aliphatic heterocycles. The Morgan fingerprint density at radius 3 is 2.73 bits per heavy atom. The number of rotatable bonds is 2. The Kier molecular flexibility index (Phi) is 2.41. The average molecular weight is 203 g/mol. The van der Waals surface area contributed by atoms with Crippen LogP contribution in [0.4, 0.5) is 5.82 Å². The van der Waals surface area contributed by atoms with Gasteiger partial charge in [0, 0.05) is 18.5 Å². The zero-order valence-electron chi connectivity index (χ0n) is 9.03. The highest BCUT2D eigenvalue weighted by atomic mass is 16.5. The second kappa shape index (κ2) is 3.73. The van der Waals surface area contributed by atoms with Gasteiger partial charge in [-0.3, -0.25) is 0 Å². The van der Waals surface area contributed by atoms with E-state index in [-0.39, 0.29) is 0 Å². The molecule has 1 N–H and O–H groups in total. The topological polar surface area (TPSA) is 47.0 Å². The maximum Gasteiger partial charge on any atom is 0.137 e. The smallest absolute Gasteiger partial charge is 0.137 e. The standard InChI is InChI=1S/C11H13N3O/c1-7-4-8-9(5-10(7)15-3)13-6-14-11(8)12-2/h4-6H,1-3H3,(H,12,13,14). The third-order valence-electron chi connectivity index (χ3n) is 2.39. The van der Waals surface area contributed by atoms with Crippen LogP contribution in [0.5, 0.6) is 5.75 Å². The summed E-state index contributed by atoms with van der Waals surface area (Å²) < 4.78 is 5.25. The lowest BCUT2D eigenvalue weighted by molar-refractivity contribution is 0.412. The molecule has 4 heteroatoms. The lowest BCUT2D eigenvalue weighted by Crippen LogP contribution is -1.96. The van der Waals surface area contributed by atoms with Crippen molar-refractivity contribution in [1.82, 2.24) is 9.97 Å². The van der Waals surface area contributed by atoms with Crippen molar-refractivity contribution in [2.75, 3.05) is 19.5 Å². The van der Waals surface area contributed by atoms with Crippen molar-refractivity contribution in [3.05, 3.63) is 24.0 Å². The van der Waals surface area contributed by atoms with Crippen molar-refractivity contribution in [1.29, 1.82) is 0 Å². The van der Waals surface area contributed by atoms with E-state index in [0.717, 1.165) is 28.0 Å². The molecule has 0 unspecified atom stereocenters. The molecular formula is C11H13N3O. The highest BCUT2D eigenvalue weighted by molar-refractivity contribution is 5.90. The molecule has 0 saturated carbocycles. The number of benzene rings is 1. The minimum Gasteiger partial charge on any atom is -0.496 e. The normalized spacial score (nSPS) is 10.3. The number of aryl methyl sites for hydroxylation is 1. The lowest BCUT2D eigenvalue weighted by Gasteiger charge is -2.08. The van der Waals surface area contributed by atoms with Gasteiger partial charge in [0.05, 0.1) is 12.6 Å². The van der Waals surface area contributed by atoms with Gasteiger partial charge in [0.1, 0.15) is 17.9 Å². The van der Waals surface area contributed by atoms with E-state index in [4.69, 9.17) is 4.74 Å². The third-order valence-corrected chi connectivity index (χ3v) is 2.39. The molecule has 15 heavy (non-hydrogen) atoms. The Labute approximate surface area is 88.3 Å². The molecule has 1 aromatic heterocycles. The van der Waals surface area contributed by atoms with Crippen LogP contribution in [0.1, 0.15) is 5.56 Å². The SMILES string of the molecule is CNc1ncnc2cc(OC)c(C)cc12. The van der Waals surface area contributed by atoms with E-state index < -0.39 is 0 Å². The van der Waals surface area contributed by atoms with Crippen LogP contribution in [0.25, 0.3) is 10.9 Å². The first-order chi connectivity index (χ1) is 7.26. The zero-order valence-corrected chi connectivity index (χ0v) is 9.03. The maximum atomic E-state index is 5.25. The number of ether oxygens (including phenoxy) is 1. The number of nitrogens with zero attached hydrogens (tertiary/aromatic N) is 2. The Balaban J connectivity index is 2.74. The monoisotopic (exact) mass is 203 g/mol. The predicted octanol–water partition coefficient (Wildman–Crippen LogP) is 1.99. The molecular weight excluding hydrogens is 190 g/mol. The van der Waals surface area contributed by atoms with Crippen molar-refractivity contribution in [3.63, 3.8) is 0 Å². The van der Waals surface area contributed by atoms with Gasteiger partial charge in [-0.05, 0) is 18.6 Å². The number of hydrogen-bond donors (Lipinski definition) is 1. The summed E-state index contributed by atoms with van der Waals surface area (Å²) in [5.41, 5.74) is 1.97. The zero-order chi connectivity index (χ0) is 10.8. The van der Waals surface area contributed by atoms with Crippen LogP contribution in [0.15, 0.2) is 18.5 Å². The number of hydrogen-bond acceptors (Lipinski definition) is 4. The lowest BCUT2D eigenvalue weighted by atomic mass is 10.1. The van der Waals surface area contributed by atoms with Gasteiger partial charge in [-0.2, -0.15) is 0 Å². The first kappa shape index (κ1) is 9.71. The molecule has 4 nitrogen and oxygen atoms in total. The molecule has 1 aromatic carbocycles. The van der Waals surface area contributed by atoms with Crippen LogP contribution in [-0.2, 0) is 0 Å². The molecule has 0 fully saturated rings. The van der Waals surface area contributed by atoms with Gasteiger partial charge >= 0.3 is 0 Å².